The summed E-state index contributed by atoms with van der Waals surface area (Å²) in [5, 5.41) is 7.83. The maximum atomic E-state index is 12.3. The summed E-state index contributed by atoms with van der Waals surface area (Å²) in [6.45, 7) is 0. The molecule has 0 rings (SSSR count). The van der Waals surface area contributed by atoms with Gasteiger partial charge in [0.1, 0.15) is 0 Å². The van der Waals surface area contributed by atoms with E-state index in [-0.39, 0.29) is 0 Å². The standard InChI is InChI=1S/C6H5F7O3/c7-3(8)5(9,10)1-2(6(11,12)13)16-4(14)15/h2-3H,1H2,(H,14,15). The lowest BCUT2D eigenvalue weighted by molar-refractivity contribution is -0.238. The van der Waals surface area contributed by atoms with Crippen molar-refractivity contribution >= 4 is 6.16 Å². The molecule has 0 heterocycles. The molecule has 3 nitrogen and oxygen atoms in total. The van der Waals surface area contributed by atoms with E-state index >= 15 is 0 Å². The van der Waals surface area contributed by atoms with E-state index in [4.69, 9.17) is 5.11 Å². The van der Waals surface area contributed by atoms with Gasteiger partial charge in [0.2, 0.25) is 6.10 Å². The lowest BCUT2D eigenvalue weighted by atomic mass is 10.1. The van der Waals surface area contributed by atoms with Gasteiger partial charge < -0.3 is 9.84 Å². The minimum absolute atomic E-state index is 2.46. The molecule has 1 N–H and O–H groups in total. The highest BCUT2D eigenvalue weighted by molar-refractivity contribution is 5.57. The molecule has 10 heteroatoms. The Morgan fingerprint density at radius 2 is 1.62 bits per heavy atom. The zero-order chi connectivity index (χ0) is 13.1. The van der Waals surface area contributed by atoms with Gasteiger partial charge in [0, 0.05) is 0 Å². The second-order valence-electron chi connectivity index (χ2n) is 2.68. The fraction of sp³-hybridized carbons (Fsp3) is 0.833. The summed E-state index contributed by atoms with van der Waals surface area (Å²) in [6.07, 6.45) is -18.2. The van der Waals surface area contributed by atoms with E-state index in [1.54, 1.807) is 0 Å². The van der Waals surface area contributed by atoms with Crippen LogP contribution in [0, 0.1) is 0 Å². The first-order chi connectivity index (χ1) is 6.97. The molecule has 0 aromatic carbocycles. The number of carbonyl (C=O) groups is 1. The number of carboxylic acid groups (broad SMARTS) is 1. The quantitative estimate of drug-likeness (QED) is 0.623. The third-order valence-electron chi connectivity index (χ3n) is 1.38. The Bertz CT molecular complexity index is 249. The first-order valence-corrected chi connectivity index (χ1v) is 3.59. The fourth-order valence-electron chi connectivity index (χ4n) is 0.682. The minimum atomic E-state index is -5.48. The number of hydrogen-bond acceptors (Lipinski definition) is 2. The monoisotopic (exact) mass is 258 g/mol. The zero-order valence-corrected chi connectivity index (χ0v) is 7.27. The Labute approximate surface area is 83.8 Å². The lowest BCUT2D eigenvalue weighted by Crippen LogP contribution is -2.41. The highest BCUT2D eigenvalue weighted by atomic mass is 19.4. The molecular weight excluding hydrogens is 253 g/mol. The summed E-state index contributed by atoms with van der Waals surface area (Å²) in [6, 6.07) is 0. The van der Waals surface area contributed by atoms with Crippen LogP contribution >= 0.6 is 0 Å². The van der Waals surface area contributed by atoms with Crippen LogP contribution in [0.4, 0.5) is 35.5 Å². The van der Waals surface area contributed by atoms with Crippen LogP contribution in [0.15, 0.2) is 0 Å². The summed E-state index contributed by atoms with van der Waals surface area (Å²) in [7, 11) is 0. The average Bonchev–Trinajstić information content (AvgIpc) is 1.99. The molecule has 0 aromatic heterocycles. The smallest absolute Gasteiger partial charge is 0.450 e. The van der Waals surface area contributed by atoms with Crippen LogP contribution in [-0.4, -0.2) is 35.9 Å². The van der Waals surface area contributed by atoms with E-state index in [9.17, 15) is 35.5 Å². The average molecular weight is 258 g/mol. The van der Waals surface area contributed by atoms with Gasteiger partial charge in [-0.25, -0.2) is 22.4 Å². The molecule has 0 fully saturated rings. The largest absolute Gasteiger partial charge is 0.506 e. The fourth-order valence-corrected chi connectivity index (χ4v) is 0.682. The van der Waals surface area contributed by atoms with Crippen molar-refractivity contribution in [3.05, 3.63) is 0 Å². The Morgan fingerprint density at radius 1 is 1.19 bits per heavy atom. The van der Waals surface area contributed by atoms with E-state index < -0.39 is 37.2 Å². The predicted molar refractivity (Wildman–Crippen MR) is 34.5 cm³/mol. The Kier molecular flexibility index (Phi) is 4.38. The van der Waals surface area contributed by atoms with E-state index in [2.05, 4.69) is 4.74 Å². The molecule has 0 aliphatic heterocycles. The maximum absolute atomic E-state index is 12.3. The molecule has 0 radical (unpaired) electrons. The third kappa shape index (κ3) is 4.53. The van der Waals surface area contributed by atoms with E-state index in [1.165, 1.54) is 0 Å². The van der Waals surface area contributed by atoms with Crippen LogP contribution in [0.2, 0.25) is 0 Å². The van der Waals surface area contributed by atoms with Crippen molar-refractivity contribution in [2.45, 2.75) is 31.0 Å². The number of halogens is 7. The van der Waals surface area contributed by atoms with Crippen molar-refractivity contribution in [2.24, 2.45) is 0 Å². The van der Waals surface area contributed by atoms with Gasteiger partial charge >= 0.3 is 24.7 Å². The van der Waals surface area contributed by atoms with Crippen molar-refractivity contribution in [2.75, 3.05) is 0 Å². The SMILES string of the molecule is O=C(O)OC(CC(F)(F)C(F)F)C(F)(F)F. The summed E-state index contributed by atoms with van der Waals surface area (Å²) < 4.78 is 86.5. The highest BCUT2D eigenvalue weighted by Gasteiger charge is 2.52. The first kappa shape index (κ1) is 14.8. The van der Waals surface area contributed by atoms with Gasteiger partial charge in [-0.15, -0.1) is 0 Å². The molecule has 1 atom stereocenters. The van der Waals surface area contributed by atoms with Crippen molar-refractivity contribution < 1.29 is 45.4 Å². The molecule has 0 aliphatic carbocycles. The normalized spacial score (nSPS) is 15.0. The molecule has 0 amide bonds. The molecule has 0 aromatic rings. The van der Waals surface area contributed by atoms with Crippen LogP contribution in [0.3, 0.4) is 0 Å². The topological polar surface area (TPSA) is 46.5 Å². The van der Waals surface area contributed by atoms with E-state index in [0.29, 0.717) is 0 Å². The van der Waals surface area contributed by atoms with Gasteiger partial charge in [0.05, 0.1) is 6.42 Å². The van der Waals surface area contributed by atoms with E-state index in [0.717, 1.165) is 0 Å². The highest BCUT2D eigenvalue weighted by Crippen LogP contribution is 2.35. The molecular formula is C6H5F7O3. The minimum Gasteiger partial charge on any atom is -0.450 e. The Balaban J connectivity index is 4.74. The van der Waals surface area contributed by atoms with Gasteiger partial charge in [-0.2, -0.15) is 13.2 Å². The third-order valence-corrected chi connectivity index (χ3v) is 1.38. The van der Waals surface area contributed by atoms with Crippen LogP contribution in [-0.2, 0) is 4.74 Å². The van der Waals surface area contributed by atoms with Gasteiger partial charge in [-0.3, -0.25) is 0 Å². The van der Waals surface area contributed by atoms with Gasteiger partial charge in [0.15, 0.2) is 0 Å². The Hall–Kier alpha value is -1.22. The van der Waals surface area contributed by atoms with Crippen LogP contribution < -0.4 is 0 Å². The van der Waals surface area contributed by atoms with Crippen molar-refractivity contribution in [1.82, 2.24) is 0 Å². The summed E-state index contributed by atoms with van der Waals surface area (Å²) in [4.78, 5) is 9.76. The number of ether oxygens (including phenoxy) is 1. The van der Waals surface area contributed by atoms with Crippen LogP contribution in [0.5, 0.6) is 0 Å². The number of rotatable bonds is 4. The summed E-state index contributed by atoms with van der Waals surface area (Å²) in [5.74, 6) is -4.98. The van der Waals surface area contributed by atoms with E-state index in [1.807, 2.05) is 0 Å². The maximum Gasteiger partial charge on any atom is 0.506 e. The lowest BCUT2D eigenvalue weighted by Gasteiger charge is -2.23. The van der Waals surface area contributed by atoms with Crippen LogP contribution in [0.1, 0.15) is 6.42 Å². The number of hydrogen-bond donors (Lipinski definition) is 1. The molecule has 0 aliphatic rings. The molecule has 96 valence electrons. The Morgan fingerprint density at radius 3 is 1.88 bits per heavy atom. The molecule has 0 bridgehead atoms. The molecule has 0 saturated heterocycles. The second kappa shape index (κ2) is 4.74. The summed E-state index contributed by atoms with van der Waals surface area (Å²) >= 11 is 0. The van der Waals surface area contributed by atoms with Crippen molar-refractivity contribution in [3.63, 3.8) is 0 Å². The second-order valence-corrected chi connectivity index (χ2v) is 2.68. The molecule has 1 unspecified atom stereocenters. The van der Waals surface area contributed by atoms with Gasteiger partial charge in [0.25, 0.3) is 0 Å². The molecule has 16 heavy (non-hydrogen) atoms. The van der Waals surface area contributed by atoms with Crippen molar-refractivity contribution in [1.29, 1.82) is 0 Å². The summed E-state index contributed by atoms with van der Waals surface area (Å²) in [5.41, 5.74) is 0. The number of alkyl halides is 7. The molecule has 0 saturated carbocycles. The predicted octanol–water partition coefficient (Wildman–Crippen LogP) is 2.90. The van der Waals surface area contributed by atoms with Crippen LogP contribution in [0.25, 0.3) is 0 Å². The molecule has 0 spiro atoms. The van der Waals surface area contributed by atoms with Gasteiger partial charge in [-0.1, -0.05) is 0 Å². The van der Waals surface area contributed by atoms with Crippen molar-refractivity contribution in [3.8, 4) is 0 Å². The van der Waals surface area contributed by atoms with Gasteiger partial charge in [-0.05, 0) is 0 Å². The first-order valence-electron chi connectivity index (χ1n) is 3.59. The zero-order valence-electron chi connectivity index (χ0n) is 7.27.